The number of hydrogen-bond acceptors (Lipinski definition) is 9. The number of amides is 4. The quantitative estimate of drug-likeness (QED) is 0.0912. The van der Waals surface area contributed by atoms with Crippen molar-refractivity contribution in [2.24, 2.45) is 10.9 Å². The van der Waals surface area contributed by atoms with Gasteiger partial charge in [-0.25, -0.2) is 19.2 Å². The Kier molecular flexibility index (Phi) is 12.5. The number of rotatable bonds is 9. The summed E-state index contributed by atoms with van der Waals surface area (Å²) in [6, 6.07) is 14.3. The summed E-state index contributed by atoms with van der Waals surface area (Å²) in [6.45, 7) is 3.22. The molecule has 0 aliphatic carbocycles. The van der Waals surface area contributed by atoms with E-state index in [0.29, 0.717) is 18.7 Å². The Morgan fingerprint density at radius 2 is 1.68 bits per heavy atom. The Hall–Kier alpha value is -5.35. The van der Waals surface area contributed by atoms with Crippen LogP contribution in [0.5, 0.6) is 0 Å². The lowest BCUT2D eigenvalue weighted by molar-refractivity contribution is -0.192. The van der Waals surface area contributed by atoms with Crippen LogP contribution in [-0.4, -0.2) is 72.3 Å². The molecule has 1 saturated heterocycles. The van der Waals surface area contributed by atoms with Crippen molar-refractivity contribution in [1.82, 2.24) is 16.0 Å². The standard InChI is InChI=1S/C25H30N6O6.C2HF3O2/c1-3-36-22(33)25(2,30-24(35)37-16-18-7-5-4-6-8-18)29-23(34)28-20-13-14-31(21(20)32)19-11-9-17(10-12-19)15-27-26;3-2(4,5)1(6)7/h4-12,15,20H,3,13-14,16,26H2,1-2H3,(H,30,35)(H2,28,29,34);(H,6,7)/t20?,25-;/m0./s1. The third kappa shape index (κ3) is 10.5. The number of anilines is 1. The van der Waals surface area contributed by atoms with E-state index in [1.165, 1.54) is 18.0 Å². The molecule has 2 aromatic rings. The average molecular weight is 625 g/mol. The van der Waals surface area contributed by atoms with Crippen molar-refractivity contribution in [2.45, 2.75) is 44.8 Å². The normalized spacial score (nSPS) is 15.8. The highest BCUT2D eigenvalue weighted by Gasteiger charge is 2.41. The number of nitrogens with zero attached hydrogens (tertiary/aromatic N) is 2. The van der Waals surface area contributed by atoms with Crippen LogP contribution in [0.25, 0.3) is 0 Å². The number of carboxylic acid groups (broad SMARTS) is 1. The molecule has 238 valence electrons. The molecular weight excluding hydrogens is 593 g/mol. The molecule has 0 aromatic heterocycles. The fraction of sp³-hybridized carbons (Fsp3) is 0.333. The summed E-state index contributed by atoms with van der Waals surface area (Å²) < 4.78 is 41.9. The molecule has 44 heavy (non-hydrogen) atoms. The van der Waals surface area contributed by atoms with Gasteiger partial charge in [-0.1, -0.05) is 42.5 Å². The largest absolute Gasteiger partial charge is 0.490 e. The molecule has 2 aromatic carbocycles. The number of hydrazone groups is 1. The molecule has 1 fully saturated rings. The third-order valence-electron chi connectivity index (χ3n) is 5.79. The Morgan fingerprint density at radius 3 is 2.23 bits per heavy atom. The molecule has 1 aliphatic rings. The van der Waals surface area contributed by atoms with Crippen LogP contribution in [0.3, 0.4) is 0 Å². The number of alkyl halides is 3. The first-order valence-electron chi connectivity index (χ1n) is 12.9. The molecule has 1 unspecified atom stereocenters. The molecule has 1 heterocycles. The highest BCUT2D eigenvalue weighted by Crippen LogP contribution is 2.22. The molecule has 0 spiro atoms. The molecule has 0 bridgehead atoms. The van der Waals surface area contributed by atoms with Crippen molar-refractivity contribution in [1.29, 1.82) is 0 Å². The zero-order valence-corrected chi connectivity index (χ0v) is 23.6. The highest BCUT2D eigenvalue weighted by atomic mass is 19.4. The lowest BCUT2D eigenvalue weighted by Gasteiger charge is -2.29. The van der Waals surface area contributed by atoms with Crippen molar-refractivity contribution in [2.75, 3.05) is 18.1 Å². The van der Waals surface area contributed by atoms with E-state index in [9.17, 15) is 32.3 Å². The minimum absolute atomic E-state index is 0.0183. The van der Waals surface area contributed by atoms with E-state index in [0.717, 1.165) is 11.1 Å². The maximum atomic E-state index is 12.9. The van der Waals surface area contributed by atoms with E-state index >= 15 is 0 Å². The minimum Gasteiger partial charge on any atom is -0.475 e. The molecule has 14 nitrogen and oxygen atoms in total. The maximum Gasteiger partial charge on any atom is 0.490 e. The molecule has 0 radical (unpaired) electrons. The van der Waals surface area contributed by atoms with Crippen LogP contribution in [0.4, 0.5) is 28.4 Å². The number of esters is 1. The van der Waals surface area contributed by atoms with Crippen molar-refractivity contribution >= 4 is 41.9 Å². The minimum atomic E-state index is -5.08. The van der Waals surface area contributed by atoms with Gasteiger partial charge in [-0.15, -0.1) is 0 Å². The Balaban J connectivity index is 0.000000860. The second-order valence-electron chi connectivity index (χ2n) is 9.13. The number of carbonyl (C=O) groups excluding carboxylic acids is 4. The Labute approximate surface area is 249 Å². The van der Waals surface area contributed by atoms with Crippen molar-refractivity contribution < 1.29 is 51.7 Å². The van der Waals surface area contributed by atoms with Crippen LogP contribution in [0.1, 0.15) is 31.4 Å². The number of alkyl carbamates (subject to hydrolysis) is 1. The van der Waals surface area contributed by atoms with Gasteiger partial charge in [0.15, 0.2) is 0 Å². The molecule has 3 rings (SSSR count). The van der Waals surface area contributed by atoms with Gasteiger partial charge in [-0.3, -0.25) is 10.1 Å². The molecule has 4 amide bonds. The monoisotopic (exact) mass is 624 g/mol. The number of carbonyl (C=O) groups is 5. The highest BCUT2D eigenvalue weighted by molar-refractivity contribution is 6.01. The van der Waals surface area contributed by atoms with E-state index in [2.05, 4.69) is 21.1 Å². The fourth-order valence-corrected chi connectivity index (χ4v) is 3.69. The van der Waals surface area contributed by atoms with E-state index in [4.69, 9.17) is 25.2 Å². The van der Waals surface area contributed by atoms with Crippen molar-refractivity contribution in [3.63, 3.8) is 0 Å². The van der Waals surface area contributed by atoms with Crippen LogP contribution in [0.15, 0.2) is 59.7 Å². The summed E-state index contributed by atoms with van der Waals surface area (Å²) in [4.78, 5) is 61.1. The number of nitrogens with one attached hydrogen (secondary N) is 3. The van der Waals surface area contributed by atoms with Crippen LogP contribution in [0, 0.1) is 0 Å². The molecule has 2 atom stereocenters. The topological polar surface area (TPSA) is 202 Å². The molecule has 17 heteroatoms. The lowest BCUT2D eigenvalue weighted by atomic mass is 10.2. The zero-order valence-electron chi connectivity index (χ0n) is 23.6. The first kappa shape index (κ1) is 34.8. The maximum absolute atomic E-state index is 12.9. The van der Waals surface area contributed by atoms with E-state index in [1.807, 2.05) is 6.07 Å². The molecular formula is C27H31F3N6O8. The number of benzene rings is 2. The van der Waals surface area contributed by atoms with E-state index in [1.54, 1.807) is 55.5 Å². The summed E-state index contributed by atoms with van der Waals surface area (Å²) >= 11 is 0. The predicted octanol–water partition coefficient (Wildman–Crippen LogP) is 2.22. The summed E-state index contributed by atoms with van der Waals surface area (Å²) in [7, 11) is 0. The van der Waals surface area contributed by atoms with Gasteiger partial charge in [0.1, 0.15) is 12.6 Å². The molecule has 0 saturated carbocycles. The second-order valence-corrected chi connectivity index (χ2v) is 9.13. The van der Waals surface area contributed by atoms with Gasteiger partial charge in [0.05, 0.1) is 12.8 Å². The van der Waals surface area contributed by atoms with Gasteiger partial charge >= 0.3 is 30.2 Å². The summed E-state index contributed by atoms with van der Waals surface area (Å²) in [5.41, 5.74) is 0.228. The Morgan fingerprint density at radius 1 is 1.07 bits per heavy atom. The third-order valence-corrected chi connectivity index (χ3v) is 5.79. The number of urea groups is 1. The molecule has 6 N–H and O–H groups in total. The molecule has 1 aliphatic heterocycles. The average Bonchev–Trinajstić information content (AvgIpc) is 3.32. The van der Waals surface area contributed by atoms with Gasteiger partial charge in [-0.05, 0) is 43.5 Å². The lowest BCUT2D eigenvalue weighted by Crippen LogP contribution is -2.66. The Bertz CT molecular complexity index is 1340. The number of ether oxygens (including phenoxy) is 2. The second kappa shape index (κ2) is 15.8. The number of carboxylic acids is 1. The number of aliphatic carboxylic acids is 1. The first-order chi connectivity index (χ1) is 20.7. The van der Waals surface area contributed by atoms with Crippen molar-refractivity contribution in [3.8, 4) is 0 Å². The first-order valence-corrected chi connectivity index (χ1v) is 12.9. The van der Waals surface area contributed by atoms with Gasteiger partial charge < -0.3 is 36.0 Å². The smallest absolute Gasteiger partial charge is 0.475 e. The van der Waals surface area contributed by atoms with Gasteiger partial charge in [-0.2, -0.15) is 18.3 Å². The summed E-state index contributed by atoms with van der Waals surface area (Å²) in [5.74, 6) is 1.18. The van der Waals surface area contributed by atoms with E-state index in [-0.39, 0.29) is 19.1 Å². The van der Waals surface area contributed by atoms with Crippen LogP contribution >= 0.6 is 0 Å². The predicted molar refractivity (Wildman–Crippen MR) is 149 cm³/mol. The van der Waals surface area contributed by atoms with Gasteiger partial charge in [0.25, 0.3) is 0 Å². The van der Waals surface area contributed by atoms with Gasteiger partial charge in [0, 0.05) is 12.2 Å². The van der Waals surface area contributed by atoms with Crippen molar-refractivity contribution in [3.05, 3.63) is 65.7 Å². The fourth-order valence-electron chi connectivity index (χ4n) is 3.69. The van der Waals surface area contributed by atoms with Crippen LogP contribution in [0.2, 0.25) is 0 Å². The number of halogens is 3. The van der Waals surface area contributed by atoms with E-state index < -0.39 is 41.9 Å². The zero-order chi connectivity index (χ0) is 32.9. The summed E-state index contributed by atoms with van der Waals surface area (Å²) in [6.07, 6.45) is -4.19. The van der Waals surface area contributed by atoms with Crippen LogP contribution < -0.4 is 26.7 Å². The van der Waals surface area contributed by atoms with Gasteiger partial charge in [0.2, 0.25) is 11.6 Å². The number of hydrogen-bond donors (Lipinski definition) is 5. The van der Waals surface area contributed by atoms with Crippen LogP contribution in [-0.2, 0) is 30.5 Å². The SMILES string of the molecule is CCOC(=O)[C@@](C)(NC(=O)NC1CCN(c2ccc(C=NN)cc2)C1=O)NC(=O)OCc1ccccc1.O=C(O)C(F)(F)F. The summed E-state index contributed by atoms with van der Waals surface area (Å²) in [5, 5.41) is 17.9. The number of nitrogens with two attached hydrogens (primary N) is 1.